The molecule has 2 heterocycles. The van der Waals surface area contributed by atoms with Crippen LogP contribution < -0.4 is 5.56 Å². The average Bonchev–Trinajstić information content (AvgIpc) is 2.60. The molecule has 156 valence electrons. The van der Waals surface area contributed by atoms with Crippen molar-refractivity contribution in [3.8, 4) is 0 Å². The molecule has 0 unspecified atom stereocenters. The molecule has 1 aromatic rings. The van der Waals surface area contributed by atoms with Crippen LogP contribution in [0, 0.1) is 8.99 Å². The van der Waals surface area contributed by atoms with Crippen LogP contribution in [0.3, 0.4) is 0 Å². The van der Waals surface area contributed by atoms with Gasteiger partial charge in [-0.1, -0.05) is 0 Å². The summed E-state index contributed by atoms with van der Waals surface area (Å²) >= 11 is 2.10. The van der Waals surface area contributed by atoms with Crippen LogP contribution in [-0.2, 0) is 20.8 Å². The van der Waals surface area contributed by atoms with Crippen LogP contribution in [0.4, 0.5) is 4.79 Å². The summed E-state index contributed by atoms with van der Waals surface area (Å²) in [6, 6.07) is 3.44. The van der Waals surface area contributed by atoms with E-state index in [1.54, 1.807) is 28.7 Å². The summed E-state index contributed by atoms with van der Waals surface area (Å²) in [6.45, 7) is 8.86. The van der Waals surface area contributed by atoms with E-state index in [4.69, 9.17) is 9.47 Å². The first-order chi connectivity index (χ1) is 13.1. The lowest BCUT2D eigenvalue weighted by Crippen LogP contribution is -2.49. The molecule has 0 bridgehead atoms. The van der Waals surface area contributed by atoms with E-state index in [0.29, 0.717) is 45.5 Å². The van der Waals surface area contributed by atoms with Crippen molar-refractivity contribution in [1.82, 2.24) is 9.47 Å². The number of halogens is 1. The number of rotatable bonds is 5. The highest BCUT2D eigenvalue weighted by atomic mass is 127. The van der Waals surface area contributed by atoms with Crippen molar-refractivity contribution in [1.29, 1.82) is 0 Å². The van der Waals surface area contributed by atoms with Crippen LogP contribution >= 0.6 is 22.6 Å². The maximum atomic E-state index is 12.7. The first-order valence-electron chi connectivity index (χ1n) is 9.57. The molecule has 0 saturated carbocycles. The Morgan fingerprint density at radius 1 is 1.25 bits per heavy atom. The predicted molar refractivity (Wildman–Crippen MR) is 114 cm³/mol. The third-order valence-corrected chi connectivity index (χ3v) is 5.54. The van der Waals surface area contributed by atoms with Crippen LogP contribution in [0.1, 0.15) is 47.0 Å². The largest absolute Gasteiger partial charge is 0.466 e. The number of pyridine rings is 1. The van der Waals surface area contributed by atoms with Crippen molar-refractivity contribution >= 4 is 34.7 Å². The van der Waals surface area contributed by atoms with Gasteiger partial charge >= 0.3 is 12.1 Å². The lowest BCUT2D eigenvalue weighted by atomic mass is 9.75. The number of ether oxygens (including phenoxy) is 2. The third-order valence-electron chi connectivity index (χ3n) is 4.87. The van der Waals surface area contributed by atoms with Gasteiger partial charge in [-0.2, -0.15) is 0 Å². The van der Waals surface area contributed by atoms with E-state index in [-0.39, 0.29) is 17.6 Å². The Balaban J connectivity index is 2.09. The van der Waals surface area contributed by atoms with E-state index < -0.39 is 11.0 Å². The van der Waals surface area contributed by atoms with Gasteiger partial charge in [0, 0.05) is 35.5 Å². The number of carbonyl (C=O) groups is 2. The Morgan fingerprint density at radius 3 is 2.43 bits per heavy atom. The second kappa shape index (κ2) is 9.28. The first kappa shape index (κ1) is 22.7. The van der Waals surface area contributed by atoms with E-state index in [0.717, 1.165) is 3.57 Å². The van der Waals surface area contributed by atoms with Crippen molar-refractivity contribution in [2.45, 2.75) is 59.1 Å². The molecule has 7 nitrogen and oxygen atoms in total. The number of nitrogens with zero attached hydrogens (tertiary/aromatic N) is 2. The smallest absolute Gasteiger partial charge is 0.410 e. The quantitative estimate of drug-likeness (QED) is 0.454. The number of likely N-dealkylation sites (tertiary alicyclic amines) is 1. The van der Waals surface area contributed by atoms with E-state index in [2.05, 4.69) is 22.6 Å². The van der Waals surface area contributed by atoms with Crippen molar-refractivity contribution in [2.75, 3.05) is 19.7 Å². The van der Waals surface area contributed by atoms with Crippen LogP contribution in [0.25, 0.3) is 0 Å². The van der Waals surface area contributed by atoms with E-state index in [1.807, 2.05) is 26.8 Å². The zero-order valence-corrected chi connectivity index (χ0v) is 19.2. The Labute approximate surface area is 179 Å². The molecule has 0 radical (unpaired) electrons. The Kier molecular flexibility index (Phi) is 7.52. The molecule has 1 aromatic heterocycles. The van der Waals surface area contributed by atoms with Gasteiger partial charge in [0.05, 0.1) is 12.0 Å². The van der Waals surface area contributed by atoms with Crippen LogP contribution in [-0.4, -0.2) is 46.8 Å². The minimum absolute atomic E-state index is 0.0860. The normalized spacial score (nSPS) is 16.5. The number of aryl methyl sites for hydroxylation is 1. The van der Waals surface area contributed by atoms with Gasteiger partial charge in [0.2, 0.25) is 0 Å². The van der Waals surface area contributed by atoms with Gasteiger partial charge < -0.3 is 18.9 Å². The van der Waals surface area contributed by atoms with E-state index in [1.165, 1.54) is 0 Å². The van der Waals surface area contributed by atoms with Gasteiger partial charge in [0.1, 0.15) is 5.60 Å². The Hall–Kier alpha value is -1.58. The minimum Gasteiger partial charge on any atom is -0.466 e. The highest BCUT2D eigenvalue weighted by molar-refractivity contribution is 14.1. The summed E-state index contributed by atoms with van der Waals surface area (Å²) in [4.78, 5) is 38.9. The molecule has 1 aliphatic rings. The molecule has 1 saturated heterocycles. The monoisotopic (exact) mass is 504 g/mol. The lowest BCUT2D eigenvalue weighted by Gasteiger charge is -2.40. The second-order valence-electron chi connectivity index (χ2n) is 8.09. The Bertz CT molecular complexity index is 761. The molecular weight excluding hydrogens is 475 g/mol. The highest BCUT2D eigenvalue weighted by Gasteiger charge is 2.43. The molecule has 28 heavy (non-hydrogen) atoms. The fourth-order valence-electron chi connectivity index (χ4n) is 3.29. The summed E-state index contributed by atoms with van der Waals surface area (Å²) in [5.41, 5.74) is -1.34. The summed E-state index contributed by atoms with van der Waals surface area (Å²) < 4.78 is 13.3. The maximum absolute atomic E-state index is 12.7. The van der Waals surface area contributed by atoms with Crippen molar-refractivity contribution in [3.63, 3.8) is 0 Å². The molecule has 8 heteroatoms. The fourth-order valence-corrected chi connectivity index (χ4v) is 3.71. The topological polar surface area (TPSA) is 77.8 Å². The molecule has 0 N–H and O–H groups in total. The number of hydrogen-bond donors (Lipinski definition) is 0. The average molecular weight is 504 g/mol. The highest BCUT2D eigenvalue weighted by Crippen LogP contribution is 2.37. The van der Waals surface area contributed by atoms with Crippen molar-refractivity contribution in [2.24, 2.45) is 5.41 Å². The zero-order chi connectivity index (χ0) is 20.9. The van der Waals surface area contributed by atoms with Crippen LogP contribution in [0.15, 0.2) is 23.1 Å². The van der Waals surface area contributed by atoms with Crippen molar-refractivity contribution < 1.29 is 19.1 Å². The van der Waals surface area contributed by atoms with Gasteiger partial charge in [0.15, 0.2) is 0 Å². The van der Waals surface area contributed by atoms with Gasteiger partial charge in [-0.15, -0.1) is 0 Å². The molecule has 0 spiro atoms. The molecule has 1 aliphatic heterocycles. The van der Waals surface area contributed by atoms with Gasteiger partial charge in [-0.05, 0) is 75.6 Å². The van der Waals surface area contributed by atoms with Gasteiger partial charge in [-0.3, -0.25) is 9.59 Å². The van der Waals surface area contributed by atoms with Gasteiger partial charge in [0.25, 0.3) is 5.56 Å². The summed E-state index contributed by atoms with van der Waals surface area (Å²) in [6.07, 6.45) is 2.86. The molecule has 0 aliphatic carbocycles. The van der Waals surface area contributed by atoms with Crippen molar-refractivity contribution in [3.05, 3.63) is 32.3 Å². The standard InChI is InChI=1S/C20H29IN2O5/c1-5-27-17(25)20(7-11-22-10-6-15(21)14-16(22)24)8-12-23(13-9-20)18(26)28-19(2,3)4/h6,10,14H,5,7-9,11-13H2,1-4H3. The Morgan fingerprint density at radius 2 is 1.89 bits per heavy atom. The first-order valence-corrected chi connectivity index (χ1v) is 10.7. The van der Waals surface area contributed by atoms with Gasteiger partial charge in [-0.25, -0.2) is 4.79 Å². The molecular formula is C20H29IN2O5. The van der Waals surface area contributed by atoms with Crippen LogP contribution in [0.2, 0.25) is 0 Å². The van der Waals surface area contributed by atoms with E-state index >= 15 is 0 Å². The third kappa shape index (κ3) is 5.96. The summed E-state index contributed by atoms with van der Waals surface area (Å²) in [5, 5.41) is 0. The number of amides is 1. The SMILES string of the molecule is CCOC(=O)C1(CCn2ccc(I)cc2=O)CCN(C(=O)OC(C)(C)C)CC1. The summed E-state index contributed by atoms with van der Waals surface area (Å²) in [5.74, 6) is -0.252. The molecule has 0 atom stereocenters. The lowest BCUT2D eigenvalue weighted by molar-refractivity contribution is -0.159. The maximum Gasteiger partial charge on any atom is 0.410 e. The minimum atomic E-state index is -0.697. The molecule has 0 aromatic carbocycles. The number of esters is 1. The second-order valence-corrected chi connectivity index (χ2v) is 9.34. The number of carbonyl (C=O) groups excluding carboxylic acids is 2. The predicted octanol–water partition coefficient (Wildman–Crippen LogP) is 3.42. The fraction of sp³-hybridized carbons (Fsp3) is 0.650. The van der Waals surface area contributed by atoms with Crippen LogP contribution in [0.5, 0.6) is 0 Å². The van der Waals surface area contributed by atoms with E-state index in [9.17, 15) is 14.4 Å². The number of aromatic nitrogens is 1. The summed E-state index contributed by atoms with van der Waals surface area (Å²) in [7, 11) is 0. The zero-order valence-electron chi connectivity index (χ0n) is 17.0. The molecule has 1 fully saturated rings. The number of piperidine rings is 1. The molecule has 1 amide bonds. The number of hydrogen-bond acceptors (Lipinski definition) is 5. The molecule has 2 rings (SSSR count).